The van der Waals surface area contributed by atoms with E-state index in [1.54, 1.807) is 60.7 Å². The van der Waals surface area contributed by atoms with E-state index in [2.05, 4.69) is 0 Å². The van der Waals surface area contributed by atoms with Gasteiger partial charge in [-0.2, -0.15) is 0 Å². The Balaban J connectivity index is 1.78. The predicted octanol–water partition coefficient (Wildman–Crippen LogP) is 6.28. The van der Waals surface area contributed by atoms with Gasteiger partial charge in [0, 0.05) is 16.1 Å². The first kappa shape index (κ1) is 15.5. The maximum atomic E-state index is 10.1. The third kappa shape index (κ3) is 4.09. The van der Waals surface area contributed by atoms with E-state index in [0.717, 1.165) is 0 Å². The van der Waals surface area contributed by atoms with Gasteiger partial charge >= 0.3 is 0 Å². The summed E-state index contributed by atoms with van der Waals surface area (Å²) in [5.74, 6) is 1.87. The highest BCUT2D eigenvalue weighted by atomic mass is 35.5. The van der Waals surface area contributed by atoms with Crippen molar-refractivity contribution < 1.29 is 14.6 Å². The Morgan fingerprint density at radius 2 is 1.22 bits per heavy atom. The van der Waals surface area contributed by atoms with Crippen LogP contribution >= 0.6 is 23.2 Å². The van der Waals surface area contributed by atoms with Gasteiger partial charge in [-0.05, 0) is 48.5 Å². The molecule has 0 atom stereocenters. The van der Waals surface area contributed by atoms with Gasteiger partial charge in [0.1, 0.15) is 17.2 Å². The van der Waals surface area contributed by atoms with Gasteiger partial charge in [0.2, 0.25) is 0 Å². The molecule has 23 heavy (non-hydrogen) atoms. The lowest BCUT2D eigenvalue weighted by molar-refractivity contribution is 0.405. The summed E-state index contributed by atoms with van der Waals surface area (Å²) >= 11 is 11.8. The smallest absolute Gasteiger partial charge is 0.169 e. The van der Waals surface area contributed by atoms with E-state index in [0.29, 0.717) is 33.0 Å². The van der Waals surface area contributed by atoms with Crippen LogP contribution < -0.4 is 9.47 Å². The van der Waals surface area contributed by atoms with Crippen LogP contribution in [0.2, 0.25) is 10.0 Å². The Morgan fingerprint density at radius 3 is 1.78 bits per heavy atom. The lowest BCUT2D eigenvalue weighted by Crippen LogP contribution is -1.87. The predicted molar refractivity (Wildman–Crippen MR) is 91.2 cm³/mol. The van der Waals surface area contributed by atoms with Crippen LogP contribution in [0.15, 0.2) is 66.7 Å². The summed E-state index contributed by atoms with van der Waals surface area (Å²) in [6.45, 7) is 0. The average Bonchev–Trinajstić information content (AvgIpc) is 2.50. The van der Waals surface area contributed by atoms with Crippen LogP contribution in [-0.4, -0.2) is 5.11 Å². The van der Waals surface area contributed by atoms with Gasteiger partial charge in [-0.3, -0.25) is 0 Å². The van der Waals surface area contributed by atoms with Crippen molar-refractivity contribution in [2.75, 3.05) is 0 Å². The molecular weight excluding hydrogens is 335 g/mol. The van der Waals surface area contributed by atoms with Crippen molar-refractivity contribution in [2.24, 2.45) is 0 Å². The third-order valence-electron chi connectivity index (χ3n) is 2.99. The number of rotatable bonds is 4. The first-order valence-electron chi connectivity index (χ1n) is 6.80. The largest absolute Gasteiger partial charge is 0.504 e. The molecule has 0 aromatic heterocycles. The molecule has 0 aliphatic carbocycles. The minimum Gasteiger partial charge on any atom is -0.504 e. The molecule has 116 valence electrons. The Hall–Kier alpha value is -2.36. The number of halogens is 2. The van der Waals surface area contributed by atoms with Crippen LogP contribution in [0, 0.1) is 0 Å². The molecular formula is C18H12Cl2O3. The molecule has 3 aromatic carbocycles. The van der Waals surface area contributed by atoms with Crippen LogP contribution in [-0.2, 0) is 0 Å². The molecule has 0 fully saturated rings. The van der Waals surface area contributed by atoms with Crippen LogP contribution in [0.1, 0.15) is 0 Å². The van der Waals surface area contributed by atoms with Crippen LogP contribution in [0.4, 0.5) is 0 Å². The summed E-state index contributed by atoms with van der Waals surface area (Å²) in [5.41, 5.74) is 0. The molecule has 5 heteroatoms. The number of hydrogen-bond acceptors (Lipinski definition) is 3. The molecule has 3 aromatic rings. The molecule has 0 amide bonds. The summed E-state index contributed by atoms with van der Waals surface area (Å²) in [6.07, 6.45) is 0. The number of ether oxygens (including phenoxy) is 2. The fourth-order valence-electron chi connectivity index (χ4n) is 1.97. The highest BCUT2D eigenvalue weighted by molar-refractivity contribution is 6.31. The molecule has 0 spiro atoms. The SMILES string of the molecule is Oc1cc(Oc2cccc(Cl)c2)ccc1Oc1cccc(Cl)c1. The van der Waals surface area contributed by atoms with E-state index in [9.17, 15) is 5.11 Å². The molecule has 3 rings (SSSR count). The molecule has 0 saturated heterocycles. The van der Waals surface area contributed by atoms with Crippen molar-refractivity contribution in [3.63, 3.8) is 0 Å². The number of phenolic OH excluding ortho intramolecular Hbond substituents is 1. The zero-order chi connectivity index (χ0) is 16.2. The molecule has 0 aliphatic heterocycles. The third-order valence-corrected chi connectivity index (χ3v) is 3.46. The van der Waals surface area contributed by atoms with Crippen molar-refractivity contribution >= 4 is 23.2 Å². The molecule has 0 aliphatic rings. The van der Waals surface area contributed by atoms with Gasteiger partial charge in [-0.15, -0.1) is 0 Å². The Morgan fingerprint density at radius 1 is 0.652 bits per heavy atom. The van der Waals surface area contributed by atoms with Crippen molar-refractivity contribution in [2.45, 2.75) is 0 Å². The minimum atomic E-state index is -0.0375. The lowest BCUT2D eigenvalue weighted by atomic mass is 10.3. The van der Waals surface area contributed by atoms with Gasteiger partial charge < -0.3 is 14.6 Å². The quantitative estimate of drug-likeness (QED) is 0.603. The van der Waals surface area contributed by atoms with Gasteiger partial charge in [-0.1, -0.05) is 35.3 Å². The maximum absolute atomic E-state index is 10.1. The molecule has 0 unspecified atom stereocenters. The second-order valence-electron chi connectivity index (χ2n) is 4.75. The molecule has 1 N–H and O–H groups in total. The standard InChI is InChI=1S/C18H12Cl2O3/c19-12-3-1-5-14(9-12)22-16-7-8-18(17(21)11-16)23-15-6-2-4-13(20)10-15/h1-11,21H. The van der Waals surface area contributed by atoms with E-state index < -0.39 is 0 Å². The van der Waals surface area contributed by atoms with E-state index in [1.165, 1.54) is 6.07 Å². The molecule has 0 heterocycles. The van der Waals surface area contributed by atoms with E-state index >= 15 is 0 Å². The number of hydrogen-bond donors (Lipinski definition) is 1. The Labute approximate surface area is 143 Å². The Bertz CT molecular complexity index is 834. The molecule has 0 bridgehead atoms. The monoisotopic (exact) mass is 346 g/mol. The number of aromatic hydroxyl groups is 1. The van der Waals surface area contributed by atoms with Gasteiger partial charge in [0.15, 0.2) is 11.5 Å². The van der Waals surface area contributed by atoms with E-state index in [4.69, 9.17) is 32.7 Å². The fraction of sp³-hybridized carbons (Fsp3) is 0. The number of phenols is 1. The molecule has 0 radical (unpaired) electrons. The summed E-state index contributed by atoms with van der Waals surface area (Å²) in [5, 5.41) is 11.2. The highest BCUT2D eigenvalue weighted by Crippen LogP contribution is 2.36. The average molecular weight is 347 g/mol. The lowest BCUT2D eigenvalue weighted by Gasteiger charge is -2.10. The van der Waals surface area contributed by atoms with Crippen molar-refractivity contribution in [1.82, 2.24) is 0 Å². The van der Waals surface area contributed by atoms with Crippen LogP contribution in [0.25, 0.3) is 0 Å². The zero-order valence-corrected chi connectivity index (χ0v) is 13.4. The fourth-order valence-corrected chi connectivity index (χ4v) is 2.33. The van der Waals surface area contributed by atoms with Gasteiger partial charge in [0.05, 0.1) is 0 Å². The maximum Gasteiger partial charge on any atom is 0.169 e. The van der Waals surface area contributed by atoms with Gasteiger partial charge in [-0.25, -0.2) is 0 Å². The van der Waals surface area contributed by atoms with E-state index in [1.807, 2.05) is 0 Å². The minimum absolute atomic E-state index is 0.0375. The first-order chi connectivity index (χ1) is 11.1. The van der Waals surface area contributed by atoms with Crippen molar-refractivity contribution in [1.29, 1.82) is 0 Å². The normalized spacial score (nSPS) is 10.3. The first-order valence-corrected chi connectivity index (χ1v) is 7.55. The van der Waals surface area contributed by atoms with E-state index in [-0.39, 0.29) is 5.75 Å². The summed E-state index contributed by atoms with van der Waals surface area (Å²) in [6, 6.07) is 18.7. The summed E-state index contributed by atoms with van der Waals surface area (Å²) in [4.78, 5) is 0. The highest BCUT2D eigenvalue weighted by Gasteiger charge is 2.07. The summed E-state index contributed by atoms with van der Waals surface area (Å²) in [7, 11) is 0. The molecule has 3 nitrogen and oxygen atoms in total. The zero-order valence-electron chi connectivity index (χ0n) is 11.9. The van der Waals surface area contributed by atoms with Crippen molar-refractivity contribution in [3.05, 3.63) is 76.8 Å². The van der Waals surface area contributed by atoms with Gasteiger partial charge in [0.25, 0.3) is 0 Å². The second-order valence-corrected chi connectivity index (χ2v) is 5.62. The number of benzene rings is 3. The molecule has 0 saturated carbocycles. The Kier molecular flexibility index (Phi) is 4.60. The second kappa shape index (κ2) is 6.82. The van der Waals surface area contributed by atoms with Crippen LogP contribution in [0.3, 0.4) is 0 Å². The summed E-state index contributed by atoms with van der Waals surface area (Å²) < 4.78 is 11.2. The van der Waals surface area contributed by atoms with Crippen LogP contribution in [0.5, 0.6) is 28.7 Å². The topological polar surface area (TPSA) is 38.7 Å². The van der Waals surface area contributed by atoms with Crippen molar-refractivity contribution in [3.8, 4) is 28.7 Å².